The summed E-state index contributed by atoms with van der Waals surface area (Å²) in [6.07, 6.45) is 1.19. The lowest BCUT2D eigenvalue weighted by molar-refractivity contribution is -0.130. The van der Waals surface area contributed by atoms with Gasteiger partial charge in [0.05, 0.1) is 5.69 Å². The molecule has 0 saturated carbocycles. The summed E-state index contributed by atoms with van der Waals surface area (Å²) in [6, 6.07) is 12.9. The number of carbonyl (C=O) groups is 2. The topological polar surface area (TPSA) is 82.0 Å². The van der Waals surface area contributed by atoms with Gasteiger partial charge in [0.25, 0.3) is 5.91 Å². The zero-order valence-electron chi connectivity index (χ0n) is 12.7. The lowest BCUT2D eigenvalue weighted by Gasteiger charge is -2.30. The molecule has 0 bridgehead atoms. The number of aliphatic imine (C=N–C) groups is 1. The van der Waals surface area contributed by atoms with E-state index in [1.54, 1.807) is 42.5 Å². The van der Waals surface area contributed by atoms with Gasteiger partial charge in [0.15, 0.2) is 11.0 Å². The molecule has 1 saturated heterocycles. The van der Waals surface area contributed by atoms with Gasteiger partial charge in [-0.15, -0.1) is 0 Å². The Kier molecular flexibility index (Phi) is 4.78. The molecular formula is C17H12ClN3O3S. The third-order valence-electron chi connectivity index (χ3n) is 3.53. The number of thiocarbonyl (C=S) groups is 1. The van der Waals surface area contributed by atoms with Crippen molar-refractivity contribution in [3.63, 3.8) is 0 Å². The van der Waals surface area contributed by atoms with Gasteiger partial charge in [-0.1, -0.05) is 23.7 Å². The molecule has 0 unspecified atom stereocenters. The Balaban J connectivity index is 1.90. The van der Waals surface area contributed by atoms with Crippen LogP contribution in [0.1, 0.15) is 0 Å². The molecule has 25 heavy (non-hydrogen) atoms. The molecule has 6 nitrogen and oxygen atoms in total. The normalized spacial score (nSPS) is 17.9. The van der Waals surface area contributed by atoms with Crippen molar-refractivity contribution in [1.29, 1.82) is 0 Å². The zero-order valence-corrected chi connectivity index (χ0v) is 14.3. The van der Waals surface area contributed by atoms with E-state index >= 15 is 0 Å². The number of para-hydroxylation sites is 2. The van der Waals surface area contributed by atoms with Crippen molar-refractivity contribution in [2.24, 2.45) is 10.9 Å². The first kappa shape index (κ1) is 17.1. The third kappa shape index (κ3) is 3.52. The van der Waals surface area contributed by atoms with Crippen LogP contribution in [0.2, 0.25) is 5.02 Å². The van der Waals surface area contributed by atoms with Gasteiger partial charge in [-0.2, -0.15) is 0 Å². The highest BCUT2D eigenvalue weighted by molar-refractivity contribution is 7.80. The molecule has 1 aliphatic rings. The molecule has 0 spiro atoms. The molecule has 2 aromatic carbocycles. The molecule has 126 valence electrons. The molecule has 2 N–H and O–H groups in total. The number of nitrogens with zero attached hydrogens (tertiary/aromatic N) is 2. The quantitative estimate of drug-likeness (QED) is 0.492. The number of nitrogens with one attached hydrogen (secondary N) is 1. The minimum Gasteiger partial charge on any atom is -0.506 e. The maximum atomic E-state index is 12.7. The summed E-state index contributed by atoms with van der Waals surface area (Å²) < 4.78 is 0. The Morgan fingerprint density at radius 2 is 1.84 bits per heavy atom. The van der Waals surface area contributed by atoms with E-state index in [-0.39, 0.29) is 16.5 Å². The smallest absolute Gasteiger partial charge is 0.251 e. The fourth-order valence-corrected chi connectivity index (χ4v) is 2.71. The number of halogens is 1. The molecule has 0 aromatic heterocycles. The Morgan fingerprint density at radius 3 is 2.52 bits per heavy atom. The fraction of sp³-hybridized carbons (Fsp3) is 0.0588. The number of carbonyl (C=O) groups excluding carboxylic acids is 2. The average Bonchev–Trinajstić information content (AvgIpc) is 2.57. The largest absolute Gasteiger partial charge is 0.506 e. The molecule has 2 amide bonds. The van der Waals surface area contributed by atoms with Gasteiger partial charge in [-0.05, 0) is 48.6 Å². The standard InChI is InChI=1S/C17H12ClN3O3S/c18-10-5-7-11(8-6-10)21-16(24)12(15(23)20-17(21)25)9-19-13-3-1-2-4-14(13)22/h1-9,12,22H,(H,20,23,25)/t12-/m0/s1. The van der Waals surface area contributed by atoms with Gasteiger partial charge in [0, 0.05) is 11.2 Å². The molecule has 8 heteroatoms. The summed E-state index contributed by atoms with van der Waals surface area (Å²) in [5.74, 6) is -2.32. The third-order valence-corrected chi connectivity index (χ3v) is 4.07. The number of amides is 2. The number of phenolic OH excluding ortho intramolecular Hbond substituents is 1. The molecule has 2 aromatic rings. The lowest BCUT2D eigenvalue weighted by atomic mass is 10.1. The van der Waals surface area contributed by atoms with Crippen LogP contribution in [0.5, 0.6) is 5.75 Å². The van der Waals surface area contributed by atoms with Crippen molar-refractivity contribution < 1.29 is 14.7 Å². The summed E-state index contributed by atoms with van der Waals surface area (Å²) >= 11 is 11.0. The Bertz CT molecular complexity index is 883. The number of aromatic hydroxyl groups is 1. The van der Waals surface area contributed by atoms with E-state index in [2.05, 4.69) is 10.3 Å². The monoisotopic (exact) mass is 373 g/mol. The molecule has 3 rings (SSSR count). The lowest BCUT2D eigenvalue weighted by Crippen LogP contribution is -2.58. The van der Waals surface area contributed by atoms with Gasteiger partial charge >= 0.3 is 0 Å². The van der Waals surface area contributed by atoms with E-state index in [0.29, 0.717) is 10.7 Å². The molecule has 1 fully saturated rings. The number of hydrogen-bond donors (Lipinski definition) is 2. The van der Waals surface area contributed by atoms with Crippen molar-refractivity contribution in [2.45, 2.75) is 0 Å². The molecule has 1 aliphatic heterocycles. The summed E-state index contributed by atoms with van der Waals surface area (Å²) in [5.41, 5.74) is 0.745. The highest BCUT2D eigenvalue weighted by Crippen LogP contribution is 2.26. The Hall–Kier alpha value is -2.77. The molecule has 1 heterocycles. The number of anilines is 1. The average molecular weight is 374 g/mol. The Morgan fingerprint density at radius 1 is 1.16 bits per heavy atom. The van der Waals surface area contributed by atoms with Crippen LogP contribution in [0.25, 0.3) is 0 Å². The summed E-state index contributed by atoms with van der Waals surface area (Å²) in [4.78, 5) is 30.1. The number of phenols is 1. The van der Waals surface area contributed by atoms with Crippen molar-refractivity contribution in [1.82, 2.24) is 5.32 Å². The highest BCUT2D eigenvalue weighted by atomic mass is 35.5. The summed E-state index contributed by atoms with van der Waals surface area (Å²) in [6.45, 7) is 0. The van der Waals surface area contributed by atoms with Gasteiger partial charge in [-0.3, -0.25) is 19.5 Å². The second-order valence-corrected chi connectivity index (χ2v) is 6.01. The van der Waals surface area contributed by atoms with Crippen LogP contribution in [0.4, 0.5) is 11.4 Å². The van der Waals surface area contributed by atoms with Crippen LogP contribution in [-0.2, 0) is 9.59 Å². The van der Waals surface area contributed by atoms with E-state index in [4.69, 9.17) is 23.8 Å². The van der Waals surface area contributed by atoms with Crippen LogP contribution in [0.15, 0.2) is 53.5 Å². The van der Waals surface area contributed by atoms with Crippen LogP contribution in [0.3, 0.4) is 0 Å². The number of rotatable bonds is 3. The predicted molar refractivity (Wildman–Crippen MR) is 99.4 cm³/mol. The first-order valence-corrected chi connectivity index (χ1v) is 8.02. The van der Waals surface area contributed by atoms with Crippen LogP contribution >= 0.6 is 23.8 Å². The van der Waals surface area contributed by atoms with E-state index < -0.39 is 17.7 Å². The predicted octanol–water partition coefficient (Wildman–Crippen LogP) is 2.81. The fourth-order valence-electron chi connectivity index (χ4n) is 2.28. The van der Waals surface area contributed by atoms with Crippen LogP contribution in [-0.4, -0.2) is 28.2 Å². The summed E-state index contributed by atoms with van der Waals surface area (Å²) in [7, 11) is 0. The van der Waals surface area contributed by atoms with Gasteiger partial charge < -0.3 is 10.4 Å². The first-order chi connectivity index (χ1) is 12.0. The maximum absolute atomic E-state index is 12.7. The second kappa shape index (κ2) is 7.00. The minimum absolute atomic E-state index is 0.00969. The van der Waals surface area contributed by atoms with Crippen molar-refractivity contribution in [3.8, 4) is 5.75 Å². The molecule has 0 radical (unpaired) electrons. The van der Waals surface area contributed by atoms with Crippen molar-refractivity contribution >= 4 is 58.3 Å². The Labute approximate surface area is 153 Å². The van der Waals surface area contributed by atoms with E-state index in [1.165, 1.54) is 17.2 Å². The van der Waals surface area contributed by atoms with Crippen LogP contribution < -0.4 is 10.2 Å². The molecule has 1 atom stereocenters. The SMILES string of the molecule is O=C1NC(=S)N(c2ccc(Cl)cc2)C(=O)[C@H]1C=Nc1ccccc1O. The highest BCUT2D eigenvalue weighted by Gasteiger charge is 2.38. The molecular weight excluding hydrogens is 362 g/mol. The number of hydrogen-bond acceptors (Lipinski definition) is 5. The van der Waals surface area contributed by atoms with Crippen molar-refractivity contribution in [2.75, 3.05) is 4.90 Å². The van der Waals surface area contributed by atoms with Crippen molar-refractivity contribution in [3.05, 3.63) is 53.6 Å². The summed E-state index contributed by atoms with van der Waals surface area (Å²) in [5, 5.41) is 12.7. The van der Waals surface area contributed by atoms with Gasteiger partial charge in [0.1, 0.15) is 11.4 Å². The second-order valence-electron chi connectivity index (χ2n) is 5.19. The van der Waals surface area contributed by atoms with E-state index in [9.17, 15) is 14.7 Å². The number of benzene rings is 2. The first-order valence-electron chi connectivity index (χ1n) is 7.24. The minimum atomic E-state index is -1.16. The molecule has 0 aliphatic carbocycles. The van der Waals surface area contributed by atoms with E-state index in [1.807, 2.05) is 0 Å². The maximum Gasteiger partial charge on any atom is 0.251 e. The van der Waals surface area contributed by atoms with Gasteiger partial charge in [0.2, 0.25) is 5.91 Å². The van der Waals surface area contributed by atoms with Crippen LogP contribution in [0, 0.1) is 5.92 Å². The van der Waals surface area contributed by atoms with Gasteiger partial charge in [-0.25, -0.2) is 0 Å². The zero-order chi connectivity index (χ0) is 18.0. The van der Waals surface area contributed by atoms with E-state index in [0.717, 1.165) is 0 Å².